The van der Waals surface area contributed by atoms with Gasteiger partial charge in [0.05, 0.1) is 28.8 Å². The number of nitrogens with one attached hydrogen (secondary N) is 2. The van der Waals surface area contributed by atoms with E-state index < -0.39 is 0 Å². The summed E-state index contributed by atoms with van der Waals surface area (Å²) in [5.41, 5.74) is 1.95. The summed E-state index contributed by atoms with van der Waals surface area (Å²) < 4.78 is 24.6. The van der Waals surface area contributed by atoms with Gasteiger partial charge in [-0.2, -0.15) is 0 Å². The summed E-state index contributed by atoms with van der Waals surface area (Å²) in [5, 5.41) is 6.48. The van der Waals surface area contributed by atoms with Crippen LogP contribution in [-0.4, -0.2) is 26.6 Å². The third kappa shape index (κ3) is 2.97. The van der Waals surface area contributed by atoms with Crippen LogP contribution in [0.2, 0.25) is 5.02 Å². The van der Waals surface area contributed by atoms with Crippen molar-refractivity contribution in [2.45, 2.75) is 6.92 Å². The number of carbonyl (C=O) groups is 1. The van der Waals surface area contributed by atoms with Gasteiger partial charge in [0.1, 0.15) is 17.2 Å². The molecule has 0 saturated heterocycles. The first-order chi connectivity index (χ1) is 12.5. The molecule has 2 aromatic carbocycles. The monoisotopic (exact) mass is 376 g/mol. The van der Waals surface area contributed by atoms with Crippen molar-refractivity contribution in [2.75, 3.05) is 26.0 Å². The molecule has 0 unspecified atom stereocenters. The second-order valence-corrected chi connectivity index (χ2v) is 5.94. The van der Waals surface area contributed by atoms with Crippen LogP contribution in [0, 0.1) is 5.82 Å². The minimum Gasteiger partial charge on any atom is -0.493 e. The van der Waals surface area contributed by atoms with Gasteiger partial charge < -0.3 is 19.8 Å². The first kappa shape index (κ1) is 18.1. The third-order valence-corrected chi connectivity index (χ3v) is 4.37. The van der Waals surface area contributed by atoms with Crippen LogP contribution in [0.4, 0.5) is 10.1 Å². The standard InChI is InChI=1S/C19H18ClFN2O3/c1-4-23-12-9-13-14(16(20)18(12)25-3)15(19(24)22-2)17(26-13)10-5-7-11(21)8-6-10/h5-9,23H,4H2,1-3H3,(H,22,24). The number of carbonyl (C=O) groups excluding carboxylic acids is 1. The van der Waals surface area contributed by atoms with Gasteiger partial charge in [-0.1, -0.05) is 11.6 Å². The molecule has 0 bridgehead atoms. The zero-order chi connectivity index (χ0) is 18.8. The second-order valence-electron chi connectivity index (χ2n) is 5.57. The largest absolute Gasteiger partial charge is 0.493 e. The molecule has 3 rings (SSSR count). The summed E-state index contributed by atoms with van der Waals surface area (Å²) in [6, 6.07) is 7.46. The Kier molecular flexibility index (Phi) is 5.04. The number of furan rings is 1. The second kappa shape index (κ2) is 7.25. The molecule has 0 radical (unpaired) electrons. The molecular weight excluding hydrogens is 359 g/mol. The van der Waals surface area contributed by atoms with Crippen molar-refractivity contribution < 1.29 is 18.3 Å². The lowest BCUT2D eigenvalue weighted by molar-refractivity contribution is 0.0964. The fourth-order valence-electron chi connectivity index (χ4n) is 2.86. The topological polar surface area (TPSA) is 63.5 Å². The normalized spacial score (nSPS) is 10.8. The Labute approximate surface area is 155 Å². The van der Waals surface area contributed by atoms with Crippen molar-refractivity contribution >= 4 is 34.2 Å². The van der Waals surface area contributed by atoms with Gasteiger partial charge in [0.25, 0.3) is 5.91 Å². The number of amides is 1. The third-order valence-electron chi connectivity index (χ3n) is 4.01. The van der Waals surface area contributed by atoms with E-state index in [-0.39, 0.29) is 22.3 Å². The molecule has 1 heterocycles. The summed E-state index contributed by atoms with van der Waals surface area (Å²) >= 11 is 6.55. The Morgan fingerprint density at radius 2 is 2.00 bits per heavy atom. The highest BCUT2D eigenvalue weighted by atomic mass is 35.5. The summed E-state index contributed by atoms with van der Waals surface area (Å²) in [7, 11) is 3.03. The minimum atomic E-state index is -0.375. The van der Waals surface area contributed by atoms with Crippen molar-refractivity contribution in [1.29, 1.82) is 0 Å². The maximum absolute atomic E-state index is 13.3. The average molecular weight is 377 g/mol. The molecule has 2 N–H and O–H groups in total. The van der Waals surface area contributed by atoms with Crippen LogP contribution in [0.15, 0.2) is 34.7 Å². The van der Waals surface area contributed by atoms with E-state index in [2.05, 4.69) is 10.6 Å². The van der Waals surface area contributed by atoms with E-state index in [1.54, 1.807) is 18.2 Å². The van der Waals surface area contributed by atoms with Crippen molar-refractivity contribution in [3.63, 3.8) is 0 Å². The lowest BCUT2D eigenvalue weighted by Crippen LogP contribution is -2.18. The lowest BCUT2D eigenvalue weighted by atomic mass is 10.0. The molecule has 7 heteroatoms. The highest BCUT2D eigenvalue weighted by Crippen LogP contribution is 2.45. The maximum Gasteiger partial charge on any atom is 0.255 e. The first-order valence-electron chi connectivity index (χ1n) is 8.06. The summed E-state index contributed by atoms with van der Waals surface area (Å²) in [4.78, 5) is 12.6. The molecular formula is C19H18ClFN2O3. The number of ether oxygens (including phenoxy) is 1. The zero-order valence-corrected chi connectivity index (χ0v) is 15.3. The van der Waals surface area contributed by atoms with Gasteiger partial charge >= 0.3 is 0 Å². The Bertz CT molecular complexity index is 967. The van der Waals surface area contributed by atoms with Gasteiger partial charge in [0, 0.05) is 25.2 Å². The fraction of sp³-hybridized carbons (Fsp3) is 0.211. The summed E-state index contributed by atoms with van der Waals surface area (Å²) in [5.74, 6) is 0.0123. The lowest BCUT2D eigenvalue weighted by Gasteiger charge is -2.12. The summed E-state index contributed by atoms with van der Waals surface area (Å²) in [6.07, 6.45) is 0. The van der Waals surface area contributed by atoms with Gasteiger partial charge in [-0.05, 0) is 31.2 Å². The number of rotatable bonds is 5. The number of methoxy groups -OCH3 is 1. The molecule has 0 atom stereocenters. The van der Waals surface area contributed by atoms with E-state index in [1.165, 1.54) is 26.3 Å². The van der Waals surface area contributed by atoms with E-state index in [4.69, 9.17) is 20.8 Å². The Hall–Kier alpha value is -2.73. The molecule has 0 aliphatic carbocycles. The van der Waals surface area contributed by atoms with Gasteiger partial charge in [-0.25, -0.2) is 4.39 Å². The Balaban J connectivity index is 2.36. The predicted octanol–water partition coefficient (Wildman–Crippen LogP) is 4.69. The summed E-state index contributed by atoms with van der Waals surface area (Å²) in [6.45, 7) is 2.60. The van der Waals surface area contributed by atoms with Crippen LogP contribution in [0.1, 0.15) is 17.3 Å². The number of halogens is 2. The van der Waals surface area contributed by atoms with E-state index in [0.29, 0.717) is 40.3 Å². The highest BCUT2D eigenvalue weighted by molar-refractivity contribution is 6.39. The highest BCUT2D eigenvalue weighted by Gasteiger charge is 2.26. The van der Waals surface area contributed by atoms with Crippen molar-refractivity contribution in [2.24, 2.45) is 0 Å². The van der Waals surface area contributed by atoms with Crippen molar-refractivity contribution in [1.82, 2.24) is 5.32 Å². The molecule has 3 aromatic rings. The van der Waals surface area contributed by atoms with Gasteiger partial charge in [0.2, 0.25) is 0 Å². The van der Waals surface area contributed by atoms with E-state index in [9.17, 15) is 9.18 Å². The molecule has 1 amide bonds. The number of hydrogen-bond acceptors (Lipinski definition) is 4. The van der Waals surface area contributed by atoms with E-state index >= 15 is 0 Å². The molecule has 136 valence electrons. The van der Waals surface area contributed by atoms with Crippen LogP contribution in [0.3, 0.4) is 0 Å². The molecule has 1 aromatic heterocycles. The molecule has 0 saturated carbocycles. The first-order valence-corrected chi connectivity index (χ1v) is 8.44. The molecule has 0 aliphatic rings. The van der Waals surface area contributed by atoms with Crippen LogP contribution >= 0.6 is 11.6 Å². The average Bonchev–Trinajstić information content (AvgIpc) is 3.02. The number of fused-ring (bicyclic) bond motifs is 1. The van der Waals surface area contributed by atoms with Crippen LogP contribution in [0.5, 0.6) is 5.75 Å². The van der Waals surface area contributed by atoms with Gasteiger partial charge in [0.15, 0.2) is 5.75 Å². The maximum atomic E-state index is 13.3. The van der Waals surface area contributed by atoms with Crippen molar-refractivity contribution in [3.8, 4) is 17.1 Å². The van der Waals surface area contributed by atoms with E-state index in [0.717, 1.165) is 0 Å². The van der Waals surface area contributed by atoms with Gasteiger partial charge in [-0.15, -0.1) is 0 Å². The fourth-order valence-corrected chi connectivity index (χ4v) is 3.23. The quantitative estimate of drug-likeness (QED) is 0.678. The zero-order valence-electron chi connectivity index (χ0n) is 14.6. The van der Waals surface area contributed by atoms with Crippen molar-refractivity contribution in [3.05, 3.63) is 46.7 Å². The van der Waals surface area contributed by atoms with Crippen LogP contribution in [0.25, 0.3) is 22.3 Å². The predicted molar refractivity (Wildman–Crippen MR) is 101 cm³/mol. The minimum absolute atomic E-state index is 0.275. The van der Waals surface area contributed by atoms with Gasteiger partial charge in [-0.3, -0.25) is 4.79 Å². The number of anilines is 1. The Morgan fingerprint density at radius 3 is 2.58 bits per heavy atom. The van der Waals surface area contributed by atoms with Crippen LogP contribution in [-0.2, 0) is 0 Å². The number of benzene rings is 2. The SMILES string of the molecule is CCNc1cc2oc(-c3ccc(F)cc3)c(C(=O)NC)c2c(Cl)c1OC. The van der Waals surface area contributed by atoms with Crippen LogP contribution < -0.4 is 15.4 Å². The molecule has 0 fully saturated rings. The molecule has 5 nitrogen and oxygen atoms in total. The van der Waals surface area contributed by atoms with E-state index in [1.807, 2.05) is 6.92 Å². The smallest absolute Gasteiger partial charge is 0.255 e. The molecule has 0 spiro atoms. The molecule has 26 heavy (non-hydrogen) atoms. The molecule has 0 aliphatic heterocycles. The number of hydrogen-bond donors (Lipinski definition) is 2. The Morgan fingerprint density at radius 1 is 1.31 bits per heavy atom.